The van der Waals surface area contributed by atoms with Gasteiger partial charge in [-0.05, 0) is 39.3 Å². The summed E-state index contributed by atoms with van der Waals surface area (Å²) < 4.78 is 5.85. The topological polar surface area (TPSA) is 52.6 Å². The number of unbranched alkanes of at least 4 members (excludes halogenated alkanes) is 3. The standard InChI is InChI=1S/C19H28NO3/c1-6-8-9-10-11-23-18-16(14-21)12-15(7-2)13-17(18)20(22)19(3,4)5/h2,12-13,21H,6,8-11,14H2,1,3-5H3. The molecule has 0 bridgehead atoms. The Labute approximate surface area is 140 Å². The second kappa shape index (κ2) is 8.81. The number of rotatable bonds is 8. The summed E-state index contributed by atoms with van der Waals surface area (Å²) >= 11 is 0. The molecule has 0 unspecified atom stereocenters. The molecule has 0 aliphatic rings. The van der Waals surface area contributed by atoms with Crippen molar-refractivity contribution in [1.29, 1.82) is 0 Å². The number of terminal acetylenes is 1. The van der Waals surface area contributed by atoms with Gasteiger partial charge in [0.1, 0.15) is 5.69 Å². The summed E-state index contributed by atoms with van der Waals surface area (Å²) in [6.07, 6.45) is 9.79. The van der Waals surface area contributed by atoms with Crippen LogP contribution in [0.15, 0.2) is 12.1 Å². The van der Waals surface area contributed by atoms with Gasteiger partial charge >= 0.3 is 0 Å². The molecule has 0 atom stereocenters. The number of hydroxylamine groups is 1. The fourth-order valence-electron chi connectivity index (χ4n) is 2.25. The van der Waals surface area contributed by atoms with Crippen molar-refractivity contribution in [2.45, 2.75) is 65.5 Å². The maximum Gasteiger partial charge on any atom is 0.150 e. The molecule has 0 saturated carbocycles. The molecule has 1 N–H and O–H groups in total. The van der Waals surface area contributed by atoms with Crippen molar-refractivity contribution < 1.29 is 15.1 Å². The molecule has 1 rings (SSSR count). The molecule has 4 nitrogen and oxygen atoms in total. The van der Waals surface area contributed by atoms with Crippen LogP contribution >= 0.6 is 0 Å². The van der Waals surface area contributed by atoms with Gasteiger partial charge in [-0.2, -0.15) is 0 Å². The maximum absolute atomic E-state index is 12.6. The first-order valence-corrected chi connectivity index (χ1v) is 8.19. The lowest BCUT2D eigenvalue weighted by Gasteiger charge is -2.31. The SMILES string of the molecule is C#Cc1cc(CO)c(OCCCCCC)c(N([O])C(C)(C)C)c1. The van der Waals surface area contributed by atoms with Gasteiger partial charge in [0, 0.05) is 11.1 Å². The quantitative estimate of drug-likeness (QED) is 0.446. The third-order valence-electron chi connectivity index (χ3n) is 3.56. The van der Waals surface area contributed by atoms with Crippen molar-refractivity contribution in [2.75, 3.05) is 11.7 Å². The van der Waals surface area contributed by atoms with E-state index in [0.717, 1.165) is 30.7 Å². The van der Waals surface area contributed by atoms with E-state index in [1.807, 2.05) is 20.8 Å². The molecule has 0 spiro atoms. The third-order valence-corrected chi connectivity index (χ3v) is 3.56. The maximum atomic E-state index is 12.6. The summed E-state index contributed by atoms with van der Waals surface area (Å²) in [6.45, 7) is 7.93. The van der Waals surface area contributed by atoms with Crippen molar-refractivity contribution in [3.05, 3.63) is 23.3 Å². The Balaban J connectivity index is 3.11. The van der Waals surface area contributed by atoms with Crippen LogP contribution in [0.1, 0.15) is 64.5 Å². The second-order valence-electron chi connectivity index (χ2n) is 6.66. The molecule has 0 aliphatic carbocycles. The number of aliphatic hydroxyl groups is 1. The molecular formula is C19H28NO3. The molecule has 0 amide bonds. The summed E-state index contributed by atoms with van der Waals surface area (Å²) in [7, 11) is 0. The summed E-state index contributed by atoms with van der Waals surface area (Å²) in [6, 6.07) is 3.35. The van der Waals surface area contributed by atoms with E-state index in [1.54, 1.807) is 12.1 Å². The van der Waals surface area contributed by atoms with Crippen LogP contribution in [0.25, 0.3) is 0 Å². The van der Waals surface area contributed by atoms with E-state index in [2.05, 4.69) is 12.8 Å². The molecule has 127 valence electrons. The lowest BCUT2D eigenvalue weighted by Crippen LogP contribution is -2.38. The van der Waals surface area contributed by atoms with Crippen molar-refractivity contribution in [1.82, 2.24) is 0 Å². The number of anilines is 1. The first kappa shape index (κ1) is 19.3. The first-order chi connectivity index (χ1) is 10.8. The minimum Gasteiger partial charge on any atom is -0.491 e. The Morgan fingerprint density at radius 2 is 1.96 bits per heavy atom. The van der Waals surface area contributed by atoms with Crippen LogP contribution in [0, 0.1) is 12.3 Å². The molecular weight excluding hydrogens is 290 g/mol. The van der Waals surface area contributed by atoms with Gasteiger partial charge in [0.2, 0.25) is 0 Å². The summed E-state index contributed by atoms with van der Waals surface area (Å²) in [5.74, 6) is 2.97. The third kappa shape index (κ3) is 5.46. The van der Waals surface area contributed by atoms with Crippen LogP contribution in [0.2, 0.25) is 0 Å². The normalized spacial score (nSPS) is 11.2. The van der Waals surface area contributed by atoms with E-state index in [4.69, 9.17) is 11.2 Å². The van der Waals surface area contributed by atoms with E-state index in [0.29, 0.717) is 29.2 Å². The van der Waals surface area contributed by atoms with Gasteiger partial charge < -0.3 is 9.84 Å². The zero-order chi connectivity index (χ0) is 17.5. The first-order valence-electron chi connectivity index (χ1n) is 8.19. The molecule has 0 heterocycles. The van der Waals surface area contributed by atoms with Gasteiger partial charge in [-0.25, -0.2) is 5.06 Å². The molecule has 0 aromatic heterocycles. The number of benzene rings is 1. The van der Waals surface area contributed by atoms with Gasteiger partial charge in [-0.15, -0.1) is 6.42 Å². The Bertz CT molecular complexity index is 541. The predicted octanol–water partition coefficient (Wildman–Crippen LogP) is 4.07. The average molecular weight is 318 g/mol. The molecule has 0 fully saturated rings. The highest BCUT2D eigenvalue weighted by atomic mass is 16.5. The van der Waals surface area contributed by atoms with Crippen LogP contribution < -0.4 is 9.80 Å². The van der Waals surface area contributed by atoms with Gasteiger partial charge in [-0.1, -0.05) is 37.3 Å². The van der Waals surface area contributed by atoms with Gasteiger partial charge in [0.15, 0.2) is 5.75 Å². The largest absolute Gasteiger partial charge is 0.491 e. The highest BCUT2D eigenvalue weighted by Crippen LogP contribution is 2.36. The Morgan fingerprint density at radius 3 is 2.48 bits per heavy atom. The molecule has 4 heteroatoms. The molecule has 1 aromatic carbocycles. The van der Waals surface area contributed by atoms with Crippen molar-refractivity contribution in [3.63, 3.8) is 0 Å². The average Bonchev–Trinajstić information content (AvgIpc) is 2.52. The zero-order valence-electron chi connectivity index (χ0n) is 14.7. The van der Waals surface area contributed by atoms with Crippen LogP contribution in [0.5, 0.6) is 5.75 Å². The number of hydrogen-bond donors (Lipinski definition) is 1. The predicted molar refractivity (Wildman–Crippen MR) is 92.9 cm³/mol. The highest BCUT2D eigenvalue weighted by molar-refractivity contribution is 5.65. The van der Waals surface area contributed by atoms with E-state index < -0.39 is 5.54 Å². The number of aliphatic hydroxyl groups excluding tert-OH is 1. The van der Waals surface area contributed by atoms with Crippen molar-refractivity contribution in [3.8, 4) is 18.1 Å². The monoisotopic (exact) mass is 318 g/mol. The summed E-state index contributed by atoms with van der Waals surface area (Å²) in [5, 5.41) is 23.2. The van der Waals surface area contributed by atoms with Gasteiger partial charge in [0.05, 0.1) is 18.8 Å². The van der Waals surface area contributed by atoms with Crippen LogP contribution in [0.3, 0.4) is 0 Å². The smallest absolute Gasteiger partial charge is 0.150 e. The lowest BCUT2D eigenvalue weighted by molar-refractivity contribution is 0.0994. The zero-order valence-corrected chi connectivity index (χ0v) is 14.7. The Morgan fingerprint density at radius 1 is 1.26 bits per heavy atom. The van der Waals surface area contributed by atoms with E-state index in [9.17, 15) is 10.3 Å². The molecule has 0 saturated heterocycles. The van der Waals surface area contributed by atoms with E-state index >= 15 is 0 Å². The van der Waals surface area contributed by atoms with Crippen molar-refractivity contribution in [2.24, 2.45) is 0 Å². The molecule has 23 heavy (non-hydrogen) atoms. The molecule has 1 radical (unpaired) electrons. The van der Waals surface area contributed by atoms with Crippen LogP contribution in [-0.4, -0.2) is 17.3 Å². The fraction of sp³-hybridized carbons (Fsp3) is 0.579. The Hall–Kier alpha value is -1.70. The fourth-order valence-corrected chi connectivity index (χ4v) is 2.25. The van der Waals surface area contributed by atoms with Crippen LogP contribution in [0.4, 0.5) is 5.69 Å². The van der Waals surface area contributed by atoms with Gasteiger partial charge in [0.25, 0.3) is 0 Å². The molecule has 1 aromatic rings. The van der Waals surface area contributed by atoms with E-state index in [1.165, 1.54) is 0 Å². The second-order valence-corrected chi connectivity index (χ2v) is 6.66. The minimum atomic E-state index is -0.625. The highest BCUT2D eigenvalue weighted by Gasteiger charge is 2.26. The van der Waals surface area contributed by atoms with Crippen LogP contribution in [-0.2, 0) is 11.8 Å². The number of nitrogens with zero attached hydrogens (tertiary/aromatic N) is 1. The summed E-state index contributed by atoms with van der Waals surface area (Å²) in [4.78, 5) is 0. The molecule has 0 aliphatic heterocycles. The van der Waals surface area contributed by atoms with Gasteiger partial charge in [-0.3, -0.25) is 0 Å². The van der Waals surface area contributed by atoms with E-state index in [-0.39, 0.29) is 6.61 Å². The Kier molecular flexibility index (Phi) is 7.41. The lowest BCUT2D eigenvalue weighted by atomic mass is 10.0. The minimum absolute atomic E-state index is 0.217. The summed E-state index contributed by atoms with van der Waals surface area (Å²) in [5.41, 5.74) is 0.872. The number of ether oxygens (including phenoxy) is 1. The number of hydrogen-bond acceptors (Lipinski definition) is 3. The van der Waals surface area contributed by atoms with Crippen molar-refractivity contribution >= 4 is 5.69 Å².